The zero-order valence-electron chi connectivity index (χ0n) is 9.96. The highest BCUT2D eigenvalue weighted by Gasteiger charge is 2.18. The predicted molar refractivity (Wildman–Crippen MR) is 70.0 cm³/mol. The van der Waals surface area contributed by atoms with Crippen LogP contribution < -0.4 is 5.32 Å². The predicted octanol–water partition coefficient (Wildman–Crippen LogP) is 2.00. The molecule has 16 heavy (non-hydrogen) atoms. The molecule has 0 fully saturated rings. The van der Waals surface area contributed by atoms with Gasteiger partial charge >= 0.3 is 0 Å². The van der Waals surface area contributed by atoms with Crippen molar-refractivity contribution < 1.29 is 0 Å². The molecule has 0 radical (unpaired) electrons. The van der Waals surface area contributed by atoms with E-state index in [0.717, 1.165) is 19.4 Å². The molecule has 0 aromatic carbocycles. The lowest BCUT2D eigenvalue weighted by atomic mass is 9.93. The smallest absolute Gasteiger partial charge is 0.0522 e. The summed E-state index contributed by atoms with van der Waals surface area (Å²) >= 11 is 2.03. The standard InChI is InChI=1S/C12H21N3S/c1-2-16-7-3-6-13-11-4-5-12-10(8-11)9-14-15-12/h9,11,13H,2-8H2,1H3,(H,14,15). The number of aryl methyl sites for hydroxylation is 1. The molecule has 0 saturated heterocycles. The molecule has 0 bridgehead atoms. The number of nitrogens with zero attached hydrogens (tertiary/aromatic N) is 1. The monoisotopic (exact) mass is 239 g/mol. The van der Waals surface area contributed by atoms with Crippen LogP contribution in [-0.4, -0.2) is 34.3 Å². The van der Waals surface area contributed by atoms with Crippen LogP contribution in [0.25, 0.3) is 0 Å². The number of aromatic amines is 1. The van der Waals surface area contributed by atoms with E-state index in [4.69, 9.17) is 0 Å². The first kappa shape index (κ1) is 12.0. The molecule has 1 unspecified atom stereocenters. The van der Waals surface area contributed by atoms with E-state index < -0.39 is 0 Å². The quantitative estimate of drug-likeness (QED) is 0.746. The minimum Gasteiger partial charge on any atom is -0.314 e. The molecule has 3 nitrogen and oxygen atoms in total. The molecule has 0 saturated carbocycles. The maximum Gasteiger partial charge on any atom is 0.0522 e. The Hall–Kier alpha value is -0.480. The molecule has 0 spiro atoms. The Morgan fingerprint density at radius 1 is 1.62 bits per heavy atom. The molecule has 90 valence electrons. The summed E-state index contributed by atoms with van der Waals surface area (Å²) < 4.78 is 0. The van der Waals surface area contributed by atoms with Gasteiger partial charge in [-0.05, 0) is 49.3 Å². The number of hydrogen-bond donors (Lipinski definition) is 2. The third-order valence-electron chi connectivity index (χ3n) is 3.12. The normalized spacial score (nSPS) is 19.7. The van der Waals surface area contributed by atoms with Crippen LogP contribution in [0.5, 0.6) is 0 Å². The number of nitrogens with one attached hydrogen (secondary N) is 2. The second-order valence-corrected chi connectivity index (χ2v) is 5.71. The van der Waals surface area contributed by atoms with Gasteiger partial charge in [-0.25, -0.2) is 0 Å². The molecule has 1 aromatic heterocycles. The van der Waals surface area contributed by atoms with E-state index >= 15 is 0 Å². The fourth-order valence-corrected chi connectivity index (χ4v) is 2.85. The van der Waals surface area contributed by atoms with Gasteiger partial charge in [-0.3, -0.25) is 5.10 Å². The maximum absolute atomic E-state index is 4.10. The Morgan fingerprint density at radius 2 is 2.56 bits per heavy atom. The van der Waals surface area contributed by atoms with Gasteiger partial charge in [-0.1, -0.05) is 6.92 Å². The molecule has 4 heteroatoms. The molecule has 1 aromatic rings. The minimum atomic E-state index is 0.664. The highest BCUT2D eigenvalue weighted by atomic mass is 32.2. The van der Waals surface area contributed by atoms with Crippen LogP contribution in [0.1, 0.15) is 31.0 Å². The Kier molecular flexibility index (Phi) is 4.72. The van der Waals surface area contributed by atoms with Gasteiger partial charge in [-0.15, -0.1) is 0 Å². The van der Waals surface area contributed by atoms with Crippen LogP contribution in [-0.2, 0) is 12.8 Å². The molecule has 1 atom stereocenters. The summed E-state index contributed by atoms with van der Waals surface area (Å²) in [6, 6.07) is 0.664. The summed E-state index contributed by atoms with van der Waals surface area (Å²) in [5.41, 5.74) is 2.76. The molecule has 2 N–H and O–H groups in total. The van der Waals surface area contributed by atoms with Crippen molar-refractivity contribution in [1.82, 2.24) is 15.5 Å². The first-order valence-electron chi connectivity index (χ1n) is 6.22. The van der Waals surface area contributed by atoms with Crippen molar-refractivity contribution in [1.29, 1.82) is 0 Å². The van der Waals surface area contributed by atoms with E-state index in [1.807, 2.05) is 18.0 Å². The number of H-pyrrole nitrogens is 1. The molecule has 1 aliphatic carbocycles. The van der Waals surface area contributed by atoms with Gasteiger partial charge in [0.05, 0.1) is 6.20 Å². The Balaban J connectivity index is 1.65. The number of fused-ring (bicyclic) bond motifs is 1. The molecule has 2 rings (SSSR count). The first-order chi connectivity index (χ1) is 7.90. The van der Waals surface area contributed by atoms with Crippen molar-refractivity contribution in [3.8, 4) is 0 Å². The first-order valence-corrected chi connectivity index (χ1v) is 7.38. The van der Waals surface area contributed by atoms with Gasteiger partial charge in [0, 0.05) is 11.7 Å². The minimum absolute atomic E-state index is 0.664. The van der Waals surface area contributed by atoms with Gasteiger partial charge in [0.2, 0.25) is 0 Å². The van der Waals surface area contributed by atoms with Crippen LogP contribution >= 0.6 is 11.8 Å². The molecule has 1 heterocycles. The second kappa shape index (κ2) is 6.30. The van der Waals surface area contributed by atoms with Crippen molar-refractivity contribution in [3.63, 3.8) is 0 Å². The van der Waals surface area contributed by atoms with Gasteiger partial charge in [-0.2, -0.15) is 16.9 Å². The van der Waals surface area contributed by atoms with Crippen LogP contribution in [0, 0.1) is 0 Å². The summed E-state index contributed by atoms with van der Waals surface area (Å²) in [5, 5.41) is 10.8. The molecular formula is C12H21N3S. The highest BCUT2D eigenvalue weighted by molar-refractivity contribution is 7.99. The van der Waals surface area contributed by atoms with Crippen molar-refractivity contribution in [2.24, 2.45) is 0 Å². The van der Waals surface area contributed by atoms with Crippen LogP contribution in [0.15, 0.2) is 6.20 Å². The number of thioether (sulfide) groups is 1. The van der Waals surface area contributed by atoms with Crippen LogP contribution in [0.4, 0.5) is 0 Å². The van der Waals surface area contributed by atoms with Gasteiger partial charge in [0.25, 0.3) is 0 Å². The summed E-state index contributed by atoms with van der Waals surface area (Å²) in [5.74, 6) is 2.52. The van der Waals surface area contributed by atoms with Crippen molar-refractivity contribution in [2.75, 3.05) is 18.1 Å². The van der Waals surface area contributed by atoms with Crippen molar-refractivity contribution in [3.05, 3.63) is 17.5 Å². The molecule has 1 aliphatic rings. The zero-order chi connectivity index (χ0) is 11.2. The van der Waals surface area contributed by atoms with E-state index in [-0.39, 0.29) is 0 Å². The fourth-order valence-electron chi connectivity index (χ4n) is 2.22. The maximum atomic E-state index is 4.10. The lowest BCUT2D eigenvalue weighted by Gasteiger charge is -2.22. The summed E-state index contributed by atoms with van der Waals surface area (Å²) in [6.45, 7) is 3.38. The Morgan fingerprint density at radius 3 is 3.44 bits per heavy atom. The Bertz CT molecular complexity index is 311. The average molecular weight is 239 g/mol. The van der Waals surface area contributed by atoms with Crippen molar-refractivity contribution in [2.45, 2.75) is 38.6 Å². The van der Waals surface area contributed by atoms with E-state index in [9.17, 15) is 0 Å². The van der Waals surface area contributed by atoms with Gasteiger partial charge in [0.1, 0.15) is 0 Å². The van der Waals surface area contributed by atoms with E-state index in [1.165, 1.54) is 35.6 Å². The number of hydrogen-bond acceptors (Lipinski definition) is 3. The second-order valence-electron chi connectivity index (χ2n) is 4.32. The largest absolute Gasteiger partial charge is 0.314 e. The number of aromatic nitrogens is 2. The average Bonchev–Trinajstić information content (AvgIpc) is 2.76. The van der Waals surface area contributed by atoms with E-state index in [1.54, 1.807) is 0 Å². The lowest BCUT2D eigenvalue weighted by Crippen LogP contribution is -2.35. The third-order valence-corrected chi connectivity index (χ3v) is 4.10. The Labute approximate surface area is 102 Å². The van der Waals surface area contributed by atoms with Crippen LogP contribution in [0.3, 0.4) is 0 Å². The summed E-state index contributed by atoms with van der Waals surface area (Å²) in [4.78, 5) is 0. The van der Waals surface area contributed by atoms with E-state index in [2.05, 4.69) is 22.4 Å². The third kappa shape index (κ3) is 3.25. The fraction of sp³-hybridized carbons (Fsp3) is 0.750. The lowest BCUT2D eigenvalue weighted by molar-refractivity contribution is 0.457. The zero-order valence-corrected chi connectivity index (χ0v) is 10.8. The van der Waals surface area contributed by atoms with Crippen LogP contribution in [0.2, 0.25) is 0 Å². The van der Waals surface area contributed by atoms with Gasteiger partial charge in [0.15, 0.2) is 0 Å². The van der Waals surface area contributed by atoms with Gasteiger partial charge < -0.3 is 5.32 Å². The molecule has 0 amide bonds. The topological polar surface area (TPSA) is 40.7 Å². The molecule has 0 aliphatic heterocycles. The number of rotatable bonds is 6. The van der Waals surface area contributed by atoms with E-state index in [0.29, 0.717) is 6.04 Å². The summed E-state index contributed by atoms with van der Waals surface area (Å²) in [7, 11) is 0. The molecular weight excluding hydrogens is 218 g/mol. The SMILES string of the molecule is CCSCCCNC1CCc2[nH]ncc2C1. The van der Waals surface area contributed by atoms with Crippen molar-refractivity contribution >= 4 is 11.8 Å². The highest BCUT2D eigenvalue weighted by Crippen LogP contribution is 2.18. The summed E-state index contributed by atoms with van der Waals surface area (Å²) in [6.07, 6.45) is 6.81.